The van der Waals surface area contributed by atoms with Gasteiger partial charge < -0.3 is 10.1 Å². The van der Waals surface area contributed by atoms with Crippen LogP contribution in [0.2, 0.25) is 0 Å². The van der Waals surface area contributed by atoms with E-state index in [9.17, 15) is 9.59 Å². The lowest BCUT2D eigenvalue weighted by Gasteiger charge is -2.00. The predicted molar refractivity (Wildman–Crippen MR) is 69.1 cm³/mol. The van der Waals surface area contributed by atoms with Crippen LogP contribution in [0.3, 0.4) is 0 Å². The van der Waals surface area contributed by atoms with Gasteiger partial charge in [0.15, 0.2) is 0 Å². The van der Waals surface area contributed by atoms with Crippen molar-refractivity contribution >= 4 is 16.9 Å². The van der Waals surface area contributed by atoms with Gasteiger partial charge in [0.25, 0.3) is 0 Å². The summed E-state index contributed by atoms with van der Waals surface area (Å²) in [6.07, 6.45) is 1.71. The highest BCUT2D eigenvalue weighted by Crippen LogP contribution is 2.26. The normalized spacial score (nSPS) is 10.7. The number of aromatic nitrogens is 3. The highest BCUT2D eigenvalue weighted by atomic mass is 16.4. The first-order valence-electron chi connectivity index (χ1n) is 5.56. The highest BCUT2D eigenvalue weighted by molar-refractivity contribution is 5.95. The summed E-state index contributed by atoms with van der Waals surface area (Å²) < 4.78 is 0. The average Bonchev–Trinajstić information content (AvgIpc) is 2.81. The van der Waals surface area contributed by atoms with Gasteiger partial charge in [-0.05, 0) is 12.1 Å². The van der Waals surface area contributed by atoms with Crippen LogP contribution < -0.4 is 5.69 Å². The number of hydrogen-bond acceptors (Lipinski definition) is 3. The van der Waals surface area contributed by atoms with E-state index in [-0.39, 0.29) is 5.69 Å². The molecule has 0 saturated carbocycles. The predicted octanol–water partition coefficient (Wildman–Crippen LogP) is 1.62. The standard InChI is InChI=1S/C13H9N3O3/c17-12(18)11-5-10(15-13(19)16-11)8-6-14-9-4-2-1-3-7(8)9/h1-6,14H,(H,17,18)(H,15,16,19). The molecule has 6 nitrogen and oxygen atoms in total. The Bertz CT molecular complexity index is 832. The number of aromatic amines is 2. The van der Waals surface area contributed by atoms with E-state index in [2.05, 4.69) is 15.0 Å². The Hall–Kier alpha value is -2.89. The highest BCUT2D eigenvalue weighted by Gasteiger charge is 2.12. The third-order valence-electron chi connectivity index (χ3n) is 2.84. The first-order valence-corrected chi connectivity index (χ1v) is 5.56. The summed E-state index contributed by atoms with van der Waals surface area (Å²) in [5, 5.41) is 9.82. The van der Waals surface area contributed by atoms with Gasteiger partial charge in [0.1, 0.15) is 5.69 Å². The minimum absolute atomic E-state index is 0.180. The van der Waals surface area contributed by atoms with Crippen molar-refractivity contribution in [1.29, 1.82) is 0 Å². The van der Waals surface area contributed by atoms with Crippen molar-refractivity contribution in [2.75, 3.05) is 0 Å². The van der Waals surface area contributed by atoms with Gasteiger partial charge in [-0.3, -0.25) is 4.98 Å². The summed E-state index contributed by atoms with van der Waals surface area (Å²) in [6.45, 7) is 0. The molecule has 94 valence electrons. The molecule has 3 N–H and O–H groups in total. The number of hydrogen-bond donors (Lipinski definition) is 3. The molecule has 0 atom stereocenters. The zero-order chi connectivity index (χ0) is 13.4. The monoisotopic (exact) mass is 255 g/mol. The second-order valence-electron chi connectivity index (χ2n) is 4.04. The van der Waals surface area contributed by atoms with Crippen LogP contribution in [0.15, 0.2) is 41.3 Å². The van der Waals surface area contributed by atoms with Gasteiger partial charge in [-0.1, -0.05) is 18.2 Å². The van der Waals surface area contributed by atoms with Gasteiger partial charge in [-0.15, -0.1) is 0 Å². The largest absolute Gasteiger partial charge is 0.477 e. The summed E-state index contributed by atoms with van der Waals surface area (Å²) in [5.41, 5.74) is 1.07. The number of fused-ring (bicyclic) bond motifs is 1. The van der Waals surface area contributed by atoms with Crippen molar-refractivity contribution in [3.05, 3.63) is 52.7 Å². The number of nitrogens with zero attached hydrogens (tertiary/aromatic N) is 1. The minimum Gasteiger partial charge on any atom is -0.477 e. The lowest BCUT2D eigenvalue weighted by atomic mass is 10.1. The molecule has 0 unspecified atom stereocenters. The molecule has 6 heteroatoms. The number of rotatable bonds is 2. The van der Waals surface area contributed by atoms with E-state index in [0.29, 0.717) is 11.3 Å². The fraction of sp³-hybridized carbons (Fsp3) is 0. The van der Waals surface area contributed by atoms with E-state index in [1.807, 2.05) is 24.3 Å². The third-order valence-corrected chi connectivity index (χ3v) is 2.84. The lowest BCUT2D eigenvalue weighted by molar-refractivity contribution is 0.0690. The molecule has 1 aromatic carbocycles. The third kappa shape index (κ3) is 1.89. The molecule has 0 fully saturated rings. The van der Waals surface area contributed by atoms with Gasteiger partial charge in [0, 0.05) is 22.7 Å². The van der Waals surface area contributed by atoms with Crippen molar-refractivity contribution in [2.45, 2.75) is 0 Å². The van der Waals surface area contributed by atoms with Crippen LogP contribution in [-0.4, -0.2) is 26.0 Å². The van der Waals surface area contributed by atoms with E-state index >= 15 is 0 Å². The molecule has 0 saturated heterocycles. The zero-order valence-electron chi connectivity index (χ0n) is 9.68. The van der Waals surface area contributed by atoms with E-state index in [4.69, 9.17) is 5.11 Å². The van der Waals surface area contributed by atoms with Crippen LogP contribution in [0.1, 0.15) is 10.5 Å². The number of nitrogens with one attached hydrogen (secondary N) is 2. The molecule has 0 bridgehead atoms. The topological polar surface area (TPSA) is 98.8 Å². The van der Waals surface area contributed by atoms with Crippen molar-refractivity contribution in [3.63, 3.8) is 0 Å². The van der Waals surface area contributed by atoms with Gasteiger partial charge in [-0.2, -0.15) is 4.98 Å². The van der Waals surface area contributed by atoms with E-state index in [1.165, 1.54) is 6.07 Å². The molecular formula is C13H9N3O3. The second kappa shape index (κ2) is 4.09. The van der Waals surface area contributed by atoms with Crippen molar-refractivity contribution in [2.24, 2.45) is 0 Å². The smallest absolute Gasteiger partial charge is 0.352 e. The molecule has 0 aliphatic heterocycles. The number of aromatic carboxylic acids is 1. The van der Waals surface area contributed by atoms with Crippen molar-refractivity contribution in [3.8, 4) is 11.3 Å². The fourth-order valence-electron chi connectivity index (χ4n) is 1.99. The molecule has 3 rings (SSSR count). The van der Waals surface area contributed by atoms with Crippen LogP contribution >= 0.6 is 0 Å². The molecule has 0 aliphatic rings. The number of para-hydroxylation sites is 1. The summed E-state index contributed by atoms with van der Waals surface area (Å²) in [7, 11) is 0. The van der Waals surface area contributed by atoms with E-state index in [1.54, 1.807) is 6.20 Å². The van der Waals surface area contributed by atoms with Gasteiger partial charge in [-0.25, -0.2) is 9.59 Å². The molecule has 0 aliphatic carbocycles. The van der Waals surface area contributed by atoms with Crippen LogP contribution in [0.5, 0.6) is 0 Å². The van der Waals surface area contributed by atoms with Crippen LogP contribution in [0, 0.1) is 0 Å². The summed E-state index contributed by atoms with van der Waals surface area (Å²) in [6, 6.07) is 8.87. The molecule has 2 heterocycles. The Morgan fingerprint density at radius 3 is 2.84 bits per heavy atom. The van der Waals surface area contributed by atoms with Crippen LogP contribution in [-0.2, 0) is 0 Å². The number of H-pyrrole nitrogens is 2. The molecule has 0 amide bonds. The second-order valence-corrected chi connectivity index (χ2v) is 4.04. The molecule has 19 heavy (non-hydrogen) atoms. The zero-order valence-corrected chi connectivity index (χ0v) is 9.68. The number of carbonyl (C=O) groups is 1. The molecule has 2 aromatic heterocycles. The van der Waals surface area contributed by atoms with E-state index < -0.39 is 11.7 Å². The number of carboxylic acid groups (broad SMARTS) is 1. The van der Waals surface area contributed by atoms with E-state index in [0.717, 1.165) is 10.9 Å². The SMILES string of the molecule is O=C(O)c1cc(-c2c[nH]c3ccccc23)nc(=O)[nH]1. The summed E-state index contributed by atoms with van der Waals surface area (Å²) in [5.74, 6) is -1.19. The molecular weight excluding hydrogens is 246 g/mol. The van der Waals surface area contributed by atoms with Gasteiger partial charge >= 0.3 is 11.7 Å². The Morgan fingerprint density at radius 2 is 2.05 bits per heavy atom. The Kier molecular flexibility index (Phi) is 2.42. The average molecular weight is 255 g/mol. The first kappa shape index (κ1) is 11.2. The maximum Gasteiger partial charge on any atom is 0.352 e. The number of carboxylic acids is 1. The minimum atomic E-state index is -1.19. The Labute approximate surface area is 106 Å². The summed E-state index contributed by atoms with van der Waals surface area (Å²) >= 11 is 0. The van der Waals surface area contributed by atoms with Crippen molar-refractivity contribution in [1.82, 2.24) is 15.0 Å². The van der Waals surface area contributed by atoms with Crippen LogP contribution in [0.25, 0.3) is 22.2 Å². The molecule has 0 radical (unpaired) electrons. The molecule has 0 spiro atoms. The number of benzene rings is 1. The maximum atomic E-state index is 11.4. The van der Waals surface area contributed by atoms with Crippen molar-refractivity contribution < 1.29 is 9.90 Å². The molecule has 3 aromatic rings. The maximum absolute atomic E-state index is 11.4. The lowest BCUT2D eigenvalue weighted by Crippen LogP contribution is -2.16. The van der Waals surface area contributed by atoms with Crippen LogP contribution in [0.4, 0.5) is 0 Å². The van der Waals surface area contributed by atoms with Gasteiger partial charge in [0.05, 0.1) is 5.69 Å². The quantitative estimate of drug-likeness (QED) is 0.647. The first-order chi connectivity index (χ1) is 9.15. The Morgan fingerprint density at radius 1 is 1.26 bits per heavy atom. The summed E-state index contributed by atoms with van der Waals surface area (Å²) in [4.78, 5) is 31.4. The Balaban J connectivity index is 2.27. The van der Waals surface area contributed by atoms with Gasteiger partial charge in [0.2, 0.25) is 0 Å². The fourth-order valence-corrected chi connectivity index (χ4v) is 1.99.